The van der Waals surface area contributed by atoms with Crippen molar-refractivity contribution in [3.63, 3.8) is 0 Å². The van der Waals surface area contributed by atoms with Gasteiger partial charge in [-0.15, -0.1) is 0 Å². The number of rotatable bonds is 0. The van der Waals surface area contributed by atoms with E-state index in [1.165, 1.54) is 0 Å². The molecule has 0 aromatic carbocycles. The molecule has 0 amide bonds. The first-order valence-corrected chi connectivity index (χ1v) is 6.61. The maximum absolute atomic E-state index is 12.0. The third-order valence-electron chi connectivity index (χ3n) is 5.65. The van der Waals surface area contributed by atoms with Crippen LogP contribution in [0.4, 0.5) is 0 Å². The van der Waals surface area contributed by atoms with Gasteiger partial charge in [-0.25, -0.2) is 0 Å². The summed E-state index contributed by atoms with van der Waals surface area (Å²) in [5, 5.41) is 10.5. The SMILES string of the molecule is CC1(C)[C@@H]2[C@H]3[C@H](CCC(=O)[C@@H]21)CC[C@]3(C)O. The molecule has 16 heavy (non-hydrogen) atoms. The van der Waals surface area contributed by atoms with Crippen molar-refractivity contribution >= 4 is 5.78 Å². The van der Waals surface area contributed by atoms with Crippen LogP contribution in [0.3, 0.4) is 0 Å². The van der Waals surface area contributed by atoms with Crippen molar-refractivity contribution in [3.05, 3.63) is 0 Å². The highest BCUT2D eigenvalue weighted by Crippen LogP contribution is 2.69. The zero-order chi connectivity index (χ0) is 11.7. The number of carbonyl (C=O) groups is 1. The molecule has 3 aliphatic carbocycles. The molecule has 0 aromatic rings. The maximum Gasteiger partial charge on any atom is 0.136 e. The van der Waals surface area contributed by atoms with Crippen LogP contribution in [0.25, 0.3) is 0 Å². The van der Waals surface area contributed by atoms with Crippen LogP contribution < -0.4 is 0 Å². The lowest BCUT2D eigenvalue weighted by atomic mass is 9.79. The van der Waals surface area contributed by atoms with Gasteiger partial charge in [0.15, 0.2) is 0 Å². The number of Topliss-reactive ketones (excluding diaryl/α,β-unsaturated/α-hetero) is 1. The Hall–Kier alpha value is -0.370. The van der Waals surface area contributed by atoms with E-state index in [2.05, 4.69) is 13.8 Å². The van der Waals surface area contributed by atoms with Gasteiger partial charge in [0, 0.05) is 12.3 Å². The molecule has 0 heterocycles. The molecule has 1 N–H and O–H groups in total. The van der Waals surface area contributed by atoms with Crippen molar-refractivity contribution in [1.82, 2.24) is 0 Å². The molecule has 3 fully saturated rings. The lowest BCUT2D eigenvalue weighted by Crippen LogP contribution is -2.34. The molecule has 0 bridgehead atoms. The van der Waals surface area contributed by atoms with E-state index >= 15 is 0 Å². The van der Waals surface area contributed by atoms with Crippen molar-refractivity contribution in [2.45, 2.75) is 52.1 Å². The van der Waals surface area contributed by atoms with Crippen LogP contribution in [0.5, 0.6) is 0 Å². The number of hydrogen-bond donors (Lipinski definition) is 1. The molecule has 0 radical (unpaired) electrons. The molecule has 0 aliphatic heterocycles. The van der Waals surface area contributed by atoms with E-state index in [1.807, 2.05) is 6.92 Å². The minimum absolute atomic E-state index is 0.148. The van der Waals surface area contributed by atoms with Crippen molar-refractivity contribution < 1.29 is 9.90 Å². The van der Waals surface area contributed by atoms with Gasteiger partial charge in [0.25, 0.3) is 0 Å². The molecule has 2 heteroatoms. The van der Waals surface area contributed by atoms with Gasteiger partial charge in [-0.05, 0) is 49.4 Å². The van der Waals surface area contributed by atoms with E-state index in [9.17, 15) is 9.90 Å². The first-order chi connectivity index (χ1) is 7.36. The Labute approximate surface area is 97.4 Å². The molecule has 0 unspecified atom stereocenters. The summed E-state index contributed by atoms with van der Waals surface area (Å²) < 4.78 is 0. The Morgan fingerprint density at radius 3 is 2.56 bits per heavy atom. The molecule has 0 saturated heterocycles. The van der Waals surface area contributed by atoms with Crippen LogP contribution in [0.15, 0.2) is 0 Å². The predicted molar refractivity (Wildman–Crippen MR) is 61.8 cm³/mol. The fourth-order valence-corrected chi connectivity index (χ4v) is 4.78. The maximum atomic E-state index is 12.0. The fourth-order valence-electron chi connectivity index (χ4n) is 4.78. The van der Waals surface area contributed by atoms with Gasteiger partial charge in [-0.2, -0.15) is 0 Å². The molecular weight excluding hydrogens is 200 g/mol. The van der Waals surface area contributed by atoms with Gasteiger partial charge < -0.3 is 5.11 Å². The number of fused-ring (bicyclic) bond motifs is 3. The van der Waals surface area contributed by atoms with E-state index in [4.69, 9.17) is 0 Å². The Morgan fingerprint density at radius 1 is 1.19 bits per heavy atom. The van der Waals surface area contributed by atoms with E-state index in [0.717, 1.165) is 25.7 Å². The van der Waals surface area contributed by atoms with Crippen LogP contribution in [0, 0.1) is 29.1 Å². The molecule has 0 aromatic heterocycles. The van der Waals surface area contributed by atoms with Crippen molar-refractivity contribution in [2.24, 2.45) is 29.1 Å². The second-order valence-electron chi connectivity index (χ2n) is 7.01. The topological polar surface area (TPSA) is 37.3 Å². The highest BCUT2D eigenvalue weighted by Gasteiger charge is 2.69. The second-order valence-corrected chi connectivity index (χ2v) is 7.01. The van der Waals surface area contributed by atoms with Crippen molar-refractivity contribution in [3.8, 4) is 0 Å². The van der Waals surface area contributed by atoms with E-state index in [1.54, 1.807) is 0 Å². The molecule has 90 valence electrons. The monoisotopic (exact) mass is 222 g/mol. The average molecular weight is 222 g/mol. The zero-order valence-corrected chi connectivity index (χ0v) is 10.5. The first kappa shape index (κ1) is 10.8. The lowest BCUT2D eigenvalue weighted by Gasteiger charge is -2.30. The van der Waals surface area contributed by atoms with Crippen LogP contribution in [0.2, 0.25) is 0 Å². The van der Waals surface area contributed by atoms with E-state index in [-0.39, 0.29) is 11.3 Å². The van der Waals surface area contributed by atoms with Gasteiger partial charge in [0.1, 0.15) is 5.78 Å². The van der Waals surface area contributed by atoms with E-state index in [0.29, 0.717) is 23.5 Å². The first-order valence-electron chi connectivity index (χ1n) is 6.61. The summed E-state index contributed by atoms with van der Waals surface area (Å²) in [5.74, 6) is 2.12. The fraction of sp³-hybridized carbons (Fsp3) is 0.929. The molecule has 3 saturated carbocycles. The Morgan fingerprint density at radius 2 is 1.88 bits per heavy atom. The molecule has 2 nitrogen and oxygen atoms in total. The smallest absolute Gasteiger partial charge is 0.136 e. The van der Waals surface area contributed by atoms with Gasteiger partial charge in [0.05, 0.1) is 5.60 Å². The molecule has 3 aliphatic rings. The van der Waals surface area contributed by atoms with Gasteiger partial charge in [-0.3, -0.25) is 4.79 Å². The number of carbonyl (C=O) groups excluding carboxylic acids is 1. The highest BCUT2D eigenvalue weighted by atomic mass is 16.3. The summed E-state index contributed by atoms with van der Waals surface area (Å²) in [6.45, 7) is 6.40. The number of aliphatic hydroxyl groups is 1. The van der Waals surface area contributed by atoms with Gasteiger partial charge in [0.2, 0.25) is 0 Å². The summed E-state index contributed by atoms with van der Waals surface area (Å²) in [4.78, 5) is 12.0. The molecule has 3 rings (SSSR count). The number of hydrogen-bond acceptors (Lipinski definition) is 2. The quantitative estimate of drug-likeness (QED) is 0.683. The third kappa shape index (κ3) is 1.20. The summed E-state index contributed by atoms with van der Waals surface area (Å²) in [6, 6.07) is 0. The minimum atomic E-state index is -0.522. The summed E-state index contributed by atoms with van der Waals surface area (Å²) in [5.41, 5.74) is -0.374. The van der Waals surface area contributed by atoms with Crippen molar-refractivity contribution in [2.75, 3.05) is 0 Å². The van der Waals surface area contributed by atoms with Crippen LogP contribution >= 0.6 is 0 Å². The Kier molecular flexibility index (Phi) is 1.95. The predicted octanol–water partition coefficient (Wildman–Crippen LogP) is 2.40. The summed E-state index contributed by atoms with van der Waals surface area (Å²) in [6.07, 6.45) is 3.81. The average Bonchev–Trinajstić information content (AvgIpc) is 2.65. The summed E-state index contributed by atoms with van der Waals surface area (Å²) >= 11 is 0. The normalized spacial score (nSPS) is 54.1. The Bertz CT molecular complexity index is 343. The van der Waals surface area contributed by atoms with Crippen molar-refractivity contribution in [1.29, 1.82) is 0 Å². The number of ketones is 1. The standard InChI is InChI=1S/C14H22O2/c1-13(2)11-9(15)5-4-8-6-7-14(3,16)10(8)12(11)13/h8,10-12,16H,4-7H2,1-3H3/t8-,10-,11+,12-,14+/m1/s1. The highest BCUT2D eigenvalue weighted by molar-refractivity contribution is 5.85. The van der Waals surface area contributed by atoms with Crippen LogP contribution in [-0.4, -0.2) is 16.5 Å². The molecule has 0 spiro atoms. The van der Waals surface area contributed by atoms with Crippen LogP contribution in [-0.2, 0) is 4.79 Å². The van der Waals surface area contributed by atoms with E-state index < -0.39 is 5.60 Å². The molecular formula is C14H22O2. The largest absolute Gasteiger partial charge is 0.390 e. The summed E-state index contributed by atoms with van der Waals surface area (Å²) in [7, 11) is 0. The molecule has 5 atom stereocenters. The van der Waals surface area contributed by atoms with Gasteiger partial charge in [-0.1, -0.05) is 13.8 Å². The lowest BCUT2D eigenvalue weighted by molar-refractivity contribution is -0.121. The minimum Gasteiger partial charge on any atom is -0.390 e. The Balaban J connectivity index is 1.97. The zero-order valence-electron chi connectivity index (χ0n) is 10.5. The van der Waals surface area contributed by atoms with Crippen LogP contribution in [0.1, 0.15) is 46.5 Å². The van der Waals surface area contributed by atoms with Gasteiger partial charge >= 0.3 is 0 Å². The second kappa shape index (κ2) is 2.90. The third-order valence-corrected chi connectivity index (χ3v) is 5.65.